The summed E-state index contributed by atoms with van der Waals surface area (Å²) >= 11 is 0. The molecule has 0 N–H and O–H groups in total. The van der Waals surface area contributed by atoms with Crippen LogP contribution in [-0.4, -0.2) is 36.6 Å². The second-order valence-electron chi connectivity index (χ2n) is 6.28. The molecule has 0 amide bonds. The molecule has 0 aliphatic carbocycles. The molecule has 0 heterocycles. The van der Waals surface area contributed by atoms with Crippen molar-refractivity contribution in [2.45, 2.75) is 72.3 Å². The van der Waals surface area contributed by atoms with E-state index in [-0.39, 0.29) is 5.97 Å². The first-order valence-electron chi connectivity index (χ1n) is 8.51. The summed E-state index contributed by atoms with van der Waals surface area (Å²) in [7, 11) is 0. The highest BCUT2D eigenvalue weighted by atomic mass is 16.5. The highest BCUT2D eigenvalue weighted by Gasteiger charge is 2.15. The van der Waals surface area contributed by atoms with Crippen LogP contribution in [0.25, 0.3) is 0 Å². The fraction of sp³-hybridized carbons (Fsp3) is 0.833. The van der Waals surface area contributed by atoms with Gasteiger partial charge in [-0.3, -0.25) is 9.69 Å². The van der Waals surface area contributed by atoms with E-state index in [1.807, 2.05) is 6.08 Å². The second kappa shape index (κ2) is 12.9. The molecule has 0 aromatic rings. The third-order valence-electron chi connectivity index (χ3n) is 3.64. The molecule has 0 saturated carbocycles. The number of nitrogens with zero attached hydrogens (tertiary/aromatic N) is 1. The summed E-state index contributed by atoms with van der Waals surface area (Å²) in [4.78, 5) is 14.0. The Morgan fingerprint density at radius 2 is 2.00 bits per heavy atom. The van der Waals surface area contributed by atoms with Crippen molar-refractivity contribution in [3.8, 4) is 0 Å². The lowest BCUT2D eigenvalue weighted by atomic mass is 10.1. The lowest BCUT2D eigenvalue weighted by Gasteiger charge is -2.30. The summed E-state index contributed by atoms with van der Waals surface area (Å²) < 4.78 is 5.35. The zero-order chi connectivity index (χ0) is 16.1. The van der Waals surface area contributed by atoms with Crippen molar-refractivity contribution in [3.05, 3.63) is 12.7 Å². The van der Waals surface area contributed by atoms with Crippen LogP contribution in [-0.2, 0) is 9.53 Å². The number of hydrogen-bond acceptors (Lipinski definition) is 3. The molecule has 0 spiro atoms. The molecule has 124 valence electrons. The maximum Gasteiger partial charge on any atom is 0.305 e. The predicted octanol–water partition coefficient (Wildman–Crippen LogP) is 4.42. The number of carbonyl (C=O) groups is 1. The van der Waals surface area contributed by atoms with Crippen molar-refractivity contribution >= 4 is 5.97 Å². The Hall–Kier alpha value is -0.830. The van der Waals surface area contributed by atoms with Gasteiger partial charge in [0.1, 0.15) is 6.61 Å². The zero-order valence-electron chi connectivity index (χ0n) is 14.6. The first kappa shape index (κ1) is 20.2. The van der Waals surface area contributed by atoms with E-state index in [4.69, 9.17) is 4.74 Å². The SMILES string of the molecule is C=CCCC(C)N(CCOC(=O)CCCCC)CC(C)C. The topological polar surface area (TPSA) is 29.5 Å². The van der Waals surface area contributed by atoms with Crippen LogP contribution in [0.15, 0.2) is 12.7 Å². The minimum Gasteiger partial charge on any atom is -0.464 e. The number of esters is 1. The molecular formula is C18H35NO2. The Kier molecular flexibility index (Phi) is 12.4. The molecule has 0 rings (SSSR count). The molecule has 0 aliphatic rings. The highest BCUT2D eigenvalue weighted by Crippen LogP contribution is 2.10. The van der Waals surface area contributed by atoms with Crippen LogP contribution in [0.1, 0.15) is 66.2 Å². The van der Waals surface area contributed by atoms with Crippen LogP contribution < -0.4 is 0 Å². The Bertz CT molecular complexity index is 276. The molecule has 0 aliphatic heterocycles. The Morgan fingerprint density at radius 1 is 1.29 bits per heavy atom. The summed E-state index contributed by atoms with van der Waals surface area (Å²) in [6.45, 7) is 15.0. The molecule has 0 saturated heterocycles. The van der Waals surface area contributed by atoms with Gasteiger partial charge in [-0.2, -0.15) is 0 Å². The summed E-state index contributed by atoms with van der Waals surface area (Å²) in [5, 5.41) is 0. The fourth-order valence-electron chi connectivity index (χ4n) is 2.37. The van der Waals surface area contributed by atoms with Crippen molar-refractivity contribution in [1.82, 2.24) is 4.90 Å². The summed E-state index contributed by atoms with van der Waals surface area (Å²) in [5.41, 5.74) is 0. The lowest BCUT2D eigenvalue weighted by Crippen LogP contribution is -2.38. The van der Waals surface area contributed by atoms with Gasteiger partial charge in [-0.05, 0) is 32.1 Å². The number of ether oxygens (including phenoxy) is 1. The number of carbonyl (C=O) groups excluding carboxylic acids is 1. The van der Waals surface area contributed by atoms with E-state index < -0.39 is 0 Å². The van der Waals surface area contributed by atoms with Gasteiger partial charge in [0.25, 0.3) is 0 Å². The van der Waals surface area contributed by atoms with Crippen LogP contribution in [0, 0.1) is 5.92 Å². The van der Waals surface area contributed by atoms with E-state index in [1.54, 1.807) is 0 Å². The van der Waals surface area contributed by atoms with E-state index in [0.29, 0.717) is 25.0 Å². The molecule has 0 bridgehead atoms. The van der Waals surface area contributed by atoms with Crippen LogP contribution in [0.3, 0.4) is 0 Å². The maximum atomic E-state index is 11.6. The van der Waals surface area contributed by atoms with Gasteiger partial charge in [-0.25, -0.2) is 0 Å². The molecule has 1 unspecified atom stereocenters. The van der Waals surface area contributed by atoms with Gasteiger partial charge in [-0.1, -0.05) is 39.7 Å². The second-order valence-corrected chi connectivity index (χ2v) is 6.28. The van der Waals surface area contributed by atoms with E-state index in [2.05, 4.69) is 39.2 Å². The van der Waals surface area contributed by atoms with Crippen LogP contribution in [0.5, 0.6) is 0 Å². The van der Waals surface area contributed by atoms with E-state index >= 15 is 0 Å². The summed E-state index contributed by atoms with van der Waals surface area (Å²) in [6, 6.07) is 0.504. The monoisotopic (exact) mass is 297 g/mol. The van der Waals surface area contributed by atoms with E-state index in [1.165, 1.54) is 0 Å². The summed E-state index contributed by atoms with van der Waals surface area (Å²) in [5.74, 6) is 0.572. The maximum absolute atomic E-state index is 11.6. The number of unbranched alkanes of at least 4 members (excludes halogenated alkanes) is 2. The normalized spacial score (nSPS) is 12.7. The van der Waals surface area contributed by atoms with Gasteiger partial charge < -0.3 is 4.74 Å². The standard InChI is InChI=1S/C18H35NO2/c1-6-8-10-12-18(20)21-14-13-19(15-16(3)4)17(5)11-9-7-2/h7,16-17H,2,6,8-15H2,1,3-5H3. The molecule has 0 radical (unpaired) electrons. The van der Waals surface area contributed by atoms with Crippen LogP contribution >= 0.6 is 0 Å². The average Bonchev–Trinajstić information content (AvgIpc) is 2.43. The Morgan fingerprint density at radius 3 is 2.57 bits per heavy atom. The van der Waals surface area contributed by atoms with Crippen molar-refractivity contribution in [1.29, 1.82) is 0 Å². The first-order valence-corrected chi connectivity index (χ1v) is 8.51. The molecule has 1 atom stereocenters. The fourth-order valence-corrected chi connectivity index (χ4v) is 2.37. The number of rotatable bonds is 13. The Balaban J connectivity index is 4.04. The minimum atomic E-state index is -0.0494. The third kappa shape index (κ3) is 11.5. The molecule has 3 nitrogen and oxygen atoms in total. The van der Waals surface area contributed by atoms with Gasteiger partial charge in [-0.15, -0.1) is 6.58 Å². The molecular weight excluding hydrogens is 262 g/mol. The van der Waals surface area contributed by atoms with Gasteiger partial charge in [0.15, 0.2) is 0 Å². The molecule has 0 aromatic carbocycles. The Labute approximate surface area is 131 Å². The molecule has 0 aromatic heterocycles. The molecule has 21 heavy (non-hydrogen) atoms. The van der Waals surface area contributed by atoms with Crippen molar-refractivity contribution in [2.24, 2.45) is 5.92 Å². The van der Waals surface area contributed by atoms with Gasteiger partial charge >= 0.3 is 5.97 Å². The zero-order valence-corrected chi connectivity index (χ0v) is 14.6. The average molecular weight is 297 g/mol. The van der Waals surface area contributed by atoms with Gasteiger partial charge in [0.05, 0.1) is 0 Å². The van der Waals surface area contributed by atoms with E-state index in [0.717, 1.165) is 45.2 Å². The third-order valence-corrected chi connectivity index (χ3v) is 3.64. The first-order chi connectivity index (χ1) is 10.0. The quantitative estimate of drug-likeness (QED) is 0.286. The van der Waals surface area contributed by atoms with Gasteiger partial charge in [0.2, 0.25) is 0 Å². The predicted molar refractivity (Wildman–Crippen MR) is 90.4 cm³/mol. The smallest absolute Gasteiger partial charge is 0.305 e. The van der Waals surface area contributed by atoms with E-state index in [9.17, 15) is 4.79 Å². The van der Waals surface area contributed by atoms with Gasteiger partial charge in [0, 0.05) is 25.6 Å². The number of allylic oxidation sites excluding steroid dienone is 1. The van der Waals surface area contributed by atoms with Crippen LogP contribution in [0.2, 0.25) is 0 Å². The van der Waals surface area contributed by atoms with Crippen molar-refractivity contribution in [2.75, 3.05) is 19.7 Å². The summed E-state index contributed by atoms with van der Waals surface area (Å²) in [6.07, 6.45) is 7.86. The molecule has 3 heteroatoms. The van der Waals surface area contributed by atoms with Crippen LogP contribution in [0.4, 0.5) is 0 Å². The largest absolute Gasteiger partial charge is 0.464 e. The number of hydrogen-bond donors (Lipinski definition) is 0. The lowest BCUT2D eigenvalue weighted by molar-refractivity contribution is -0.144. The minimum absolute atomic E-state index is 0.0494. The molecule has 0 fully saturated rings. The van der Waals surface area contributed by atoms with Crippen molar-refractivity contribution < 1.29 is 9.53 Å². The van der Waals surface area contributed by atoms with Crippen molar-refractivity contribution in [3.63, 3.8) is 0 Å². The highest BCUT2D eigenvalue weighted by molar-refractivity contribution is 5.69.